The van der Waals surface area contributed by atoms with Gasteiger partial charge in [0, 0.05) is 25.7 Å². The predicted molar refractivity (Wildman–Crippen MR) is 88.6 cm³/mol. The molecule has 0 radical (unpaired) electrons. The highest BCUT2D eigenvalue weighted by Gasteiger charge is 2.27. The summed E-state index contributed by atoms with van der Waals surface area (Å²) in [5.74, 6) is 0.870. The lowest BCUT2D eigenvalue weighted by Gasteiger charge is -2.20. The van der Waals surface area contributed by atoms with E-state index in [0.717, 1.165) is 36.8 Å². The Bertz CT molecular complexity index is 623. The maximum atomic E-state index is 11.5. The Balaban J connectivity index is 1.56. The lowest BCUT2D eigenvalue weighted by atomic mass is 10.1. The van der Waals surface area contributed by atoms with Gasteiger partial charge in [-0.1, -0.05) is 24.2 Å². The SMILES string of the molecule is Cc1nc(NC2CCN(CC3CCCC3)C2)sc1S(N)(=O)=O. The standard InChI is InChI=1S/C14H24N4O2S2/c1-10-13(22(15,19)20)21-14(16-10)17-12-6-7-18(9-12)8-11-4-2-3-5-11/h11-12H,2-9H2,1H3,(H,16,17)(H2,15,19,20). The van der Waals surface area contributed by atoms with Crippen LogP contribution in [0.2, 0.25) is 0 Å². The predicted octanol–water partition coefficient (Wildman–Crippen LogP) is 1.78. The van der Waals surface area contributed by atoms with Crippen LogP contribution < -0.4 is 10.5 Å². The summed E-state index contributed by atoms with van der Waals surface area (Å²) in [5, 5.41) is 9.24. The van der Waals surface area contributed by atoms with Gasteiger partial charge in [0.05, 0.1) is 5.69 Å². The van der Waals surface area contributed by atoms with Crippen LogP contribution in [0.25, 0.3) is 0 Å². The Labute approximate surface area is 136 Å². The van der Waals surface area contributed by atoms with E-state index in [1.165, 1.54) is 32.2 Å². The topological polar surface area (TPSA) is 88.3 Å². The second kappa shape index (κ2) is 6.43. The summed E-state index contributed by atoms with van der Waals surface area (Å²) in [7, 11) is -3.67. The average molecular weight is 345 g/mol. The van der Waals surface area contributed by atoms with Gasteiger partial charge in [0.25, 0.3) is 0 Å². The molecule has 22 heavy (non-hydrogen) atoms. The van der Waals surface area contributed by atoms with Gasteiger partial charge in [-0.05, 0) is 32.1 Å². The molecule has 1 aromatic heterocycles. The van der Waals surface area contributed by atoms with E-state index in [0.29, 0.717) is 16.9 Å². The Morgan fingerprint density at radius 2 is 2.09 bits per heavy atom. The van der Waals surface area contributed by atoms with Crippen LogP contribution >= 0.6 is 11.3 Å². The van der Waals surface area contributed by atoms with Crippen molar-refractivity contribution in [2.45, 2.75) is 49.3 Å². The molecule has 2 heterocycles. The largest absolute Gasteiger partial charge is 0.357 e. The monoisotopic (exact) mass is 344 g/mol. The van der Waals surface area contributed by atoms with Crippen LogP contribution in [0.3, 0.4) is 0 Å². The van der Waals surface area contributed by atoms with E-state index in [9.17, 15) is 8.42 Å². The first-order valence-electron chi connectivity index (χ1n) is 7.91. The Morgan fingerprint density at radius 1 is 1.36 bits per heavy atom. The summed E-state index contributed by atoms with van der Waals surface area (Å²) in [6.45, 7) is 5.01. The number of hydrogen-bond donors (Lipinski definition) is 2. The van der Waals surface area contributed by atoms with E-state index in [-0.39, 0.29) is 4.21 Å². The number of primary sulfonamides is 1. The highest BCUT2D eigenvalue weighted by molar-refractivity contribution is 7.91. The number of nitrogens with two attached hydrogens (primary N) is 1. The number of thiazole rings is 1. The quantitative estimate of drug-likeness (QED) is 0.850. The van der Waals surface area contributed by atoms with Gasteiger partial charge in [0.2, 0.25) is 10.0 Å². The summed E-state index contributed by atoms with van der Waals surface area (Å²) in [6.07, 6.45) is 6.59. The van der Waals surface area contributed by atoms with Crippen molar-refractivity contribution < 1.29 is 8.42 Å². The molecule has 1 aliphatic carbocycles. The zero-order chi connectivity index (χ0) is 15.7. The van der Waals surface area contributed by atoms with Crippen molar-refractivity contribution in [1.82, 2.24) is 9.88 Å². The van der Waals surface area contributed by atoms with Crippen molar-refractivity contribution in [2.75, 3.05) is 25.0 Å². The zero-order valence-electron chi connectivity index (χ0n) is 12.9. The van der Waals surface area contributed by atoms with E-state index in [1.54, 1.807) is 6.92 Å². The van der Waals surface area contributed by atoms with Crippen LogP contribution in [-0.4, -0.2) is 44.0 Å². The third kappa shape index (κ3) is 3.79. The smallest absolute Gasteiger partial charge is 0.249 e. The van der Waals surface area contributed by atoms with E-state index in [2.05, 4.69) is 15.2 Å². The molecule has 1 aliphatic heterocycles. The molecule has 124 valence electrons. The molecule has 3 N–H and O–H groups in total. The van der Waals surface area contributed by atoms with E-state index in [1.807, 2.05) is 0 Å². The van der Waals surface area contributed by atoms with Crippen LogP contribution in [0.1, 0.15) is 37.8 Å². The second-order valence-electron chi connectivity index (χ2n) is 6.48. The lowest BCUT2D eigenvalue weighted by molar-refractivity contribution is 0.278. The molecule has 2 fully saturated rings. The van der Waals surface area contributed by atoms with Gasteiger partial charge >= 0.3 is 0 Å². The minimum Gasteiger partial charge on any atom is -0.357 e. The molecule has 1 saturated carbocycles. The van der Waals surface area contributed by atoms with Gasteiger partial charge in [0.1, 0.15) is 0 Å². The Kier molecular flexibility index (Phi) is 4.72. The van der Waals surface area contributed by atoms with E-state index >= 15 is 0 Å². The number of anilines is 1. The summed E-state index contributed by atoms with van der Waals surface area (Å²) >= 11 is 1.13. The highest BCUT2D eigenvalue weighted by Crippen LogP contribution is 2.29. The number of sulfonamides is 1. The van der Waals surface area contributed by atoms with E-state index < -0.39 is 10.0 Å². The number of nitrogens with one attached hydrogen (secondary N) is 1. The van der Waals surface area contributed by atoms with Crippen molar-refractivity contribution in [3.8, 4) is 0 Å². The lowest BCUT2D eigenvalue weighted by Crippen LogP contribution is -2.29. The van der Waals surface area contributed by atoms with Gasteiger partial charge < -0.3 is 10.2 Å². The van der Waals surface area contributed by atoms with Crippen LogP contribution in [0.15, 0.2) is 4.21 Å². The van der Waals surface area contributed by atoms with Crippen molar-refractivity contribution in [2.24, 2.45) is 11.1 Å². The minimum absolute atomic E-state index is 0.163. The number of likely N-dealkylation sites (tertiary alicyclic amines) is 1. The third-order valence-corrected chi connectivity index (χ3v) is 7.25. The van der Waals surface area contributed by atoms with Crippen molar-refractivity contribution in [1.29, 1.82) is 0 Å². The van der Waals surface area contributed by atoms with Gasteiger partial charge in [-0.3, -0.25) is 0 Å². The zero-order valence-corrected chi connectivity index (χ0v) is 14.5. The minimum atomic E-state index is -3.67. The summed E-state index contributed by atoms with van der Waals surface area (Å²) < 4.78 is 23.1. The molecule has 0 bridgehead atoms. The number of aryl methyl sites for hydroxylation is 1. The molecule has 3 rings (SSSR count). The molecular weight excluding hydrogens is 320 g/mol. The molecule has 1 saturated heterocycles. The molecule has 0 aromatic carbocycles. The summed E-state index contributed by atoms with van der Waals surface area (Å²) in [6, 6.07) is 0.347. The third-order valence-electron chi connectivity index (χ3n) is 4.60. The second-order valence-corrected chi connectivity index (χ2v) is 9.23. The first-order valence-corrected chi connectivity index (χ1v) is 10.3. The first kappa shape index (κ1) is 16.2. The molecule has 0 spiro atoms. The van der Waals surface area contributed by atoms with Crippen LogP contribution in [-0.2, 0) is 10.0 Å². The van der Waals surface area contributed by atoms with Gasteiger partial charge in [-0.25, -0.2) is 18.5 Å². The number of nitrogens with zero attached hydrogens (tertiary/aromatic N) is 2. The van der Waals surface area contributed by atoms with Gasteiger partial charge in [0.15, 0.2) is 9.34 Å². The van der Waals surface area contributed by atoms with Crippen molar-refractivity contribution in [3.05, 3.63) is 5.69 Å². The van der Waals surface area contributed by atoms with Crippen LogP contribution in [0, 0.1) is 12.8 Å². The molecule has 8 heteroatoms. The Hall–Kier alpha value is -0.700. The van der Waals surface area contributed by atoms with Crippen molar-refractivity contribution >= 4 is 26.5 Å². The van der Waals surface area contributed by atoms with Gasteiger partial charge in [-0.2, -0.15) is 0 Å². The molecular formula is C14H24N4O2S2. The average Bonchev–Trinajstić information content (AvgIpc) is 3.12. The van der Waals surface area contributed by atoms with Gasteiger partial charge in [-0.15, -0.1) is 0 Å². The summed E-state index contributed by atoms with van der Waals surface area (Å²) in [5.41, 5.74) is 0.482. The summed E-state index contributed by atoms with van der Waals surface area (Å²) in [4.78, 5) is 6.82. The maximum Gasteiger partial charge on any atom is 0.249 e. The number of aromatic nitrogens is 1. The maximum absolute atomic E-state index is 11.5. The number of hydrogen-bond acceptors (Lipinski definition) is 6. The Morgan fingerprint density at radius 3 is 2.73 bits per heavy atom. The van der Waals surface area contributed by atoms with Crippen LogP contribution in [0.5, 0.6) is 0 Å². The fourth-order valence-electron chi connectivity index (χ4n) is 3.56. The fraction of sp³-hybridized carbons (Fsp3) is 0.786. The molecule has 2 aliphatic rings. The highest BCUT2D eigenvalue weighted by atomic mass is 32.2. The molecule has 0 amide bonds. The number of rotatable bonds is 5. The van der Waals surface area contributed by atoms with Crippen molar-refractivity contribution in [3.63, 3.8) is 0 Å². The normalized spacial score (nSPS) is 24.2. The molecule has 1 atom stereocenters. The first-order chi connectivity index (χ1) is 10.4. The van der Waals surface area contributed by atoms with Crippen LogP contribution in [0.4, 0.5) is 5.13 Å². The fourth-order valence-corrected chi connectivity index (χ4v) is 5.49. The molecule has 1 unspecified atom stereocenters. The molecule has 1 aromatic rings. The van der Waals surface area contributed by atoms with E-state index in [4.69, 9.17) is 5.14 Å². The molecule has 6 nitrogen and oxygen atoms in total.